The highest BCUT2D eigenvalue weighted by molar-refractivity contribution is 6.34. The molecule has 0 saturated heterocycles. The molecule has 7 nitrogen and oxygen atoms in total. The molecule has 3 aromatic rings. The van der Waals surface area contributed by atoms with E-state index in [-0.39, 0.29) is 16.3 Å². The second kappa shape index (κ2) is 7.67. The lowest BCUT2D eigenvalue weighted by atomic mass is 10.1. The van der Waals surface area contributed by atoms with Gasteiger partial charge in [-0.05, 0) is 32.0 Å². The van der Waals surface area contributed by atoms with Crippen molar-refractivity contribution < 1.29 is 18.9 Å². The lowest BCUT2D eigenvalue weighted by Gasteiger charge is -2.12. The van der Waals surface area contributed by atoms with Crippen LogP contribution in [0.15, 0.2) is 46.9 Å². The van der Waals surface area contributed by atoms with Crippen LogP contribution in [0.3, 0.4) is 0 Å². The summed E-state index contributed by atoms with van der Waals surface area (Å²) in [4.78, 5) is 22.7. The first-order valence-corrected chi connectivity index (χ1v) is 8.68. The predicted molar refractivity (Wildman–Crippen MR) is 101 cm³/mol. The van der Waals surface area contributed by atoms with Crippen molar-refractivity contribution in [2.24, 2.45) is 0 Å². The molecule has 0 radical (unpaired) electrons. The number of ether oxygens (including phenoxy) is 1. The van der Waals surface area contributed by atoms with Gasteiger partial charge in [-0.1, -0.05) is 23.7 Å². The Morgan fingerprint density at radius 2 is 2.11 bits per heavy atom. The fraction of sp³-hybridized carbons (Fsp3) is 0.211. The highest BCUT2D eigenvalue weighted by Crippen LogP contribution is 2.31. The number of fused-ring (bicyclic) bond motifs is 1. The third-order valence-electron chi connectivity index (χ3n) is 4.01. The highest BCUT2D eigenvalue weighted by atomic mass is 35.5. The van der Waals surface area contributed by atoms with Crippen molar-refractivity contribution in [3.8, 4) is 5.75 Å². The number of non-ortho nitro benzene ring substituents is 1. The van der Waals surface area contributed by atoms with Crippen LogP contribution in [0.2, 0.25) is 5.02 Å². The van der Waals surface area contributed by atoms with Gasteiger partial charge in [-0.3, -0.25) is 14.9 Å². The quantitative estimate of drug-likeness (QED) is 0.479. The van der Waals surface area contributed by atoms with Crippen molar-refractivity contribution >= 4 is 34.2 Å². The summed E-state index contributed by atoms with van der Waals surface area (Å²) in [5, 5.41) is 14.4. The number of nitrogens with zero attached hydrogens (tertiary/aromatic N) is 1. The van der Waals surface area contributed by atoms with Crippen LogP contribution in [0.4, 0.5) is 5.69 Å². The summed E-state index contributed by atoms with van der Waals surface area (Å²) in [6, 6.07) is 10.7. The van der Waals surface area contributed by atoms with Crippen molar-refractivity contribution in [2.45, 2.75) is 19.9 Å². The van der Waals surface area contributed by atoms with E-state index in [0.717, 1.165) is 11.5 Å². The van der Waals surface area contributed by atoms with Crippen LogP contribution in [0.5, 0.6) is 5.75 Å². The van der Waals surface area contributed by atoms with E-state index in [1.807, 2.05) is 31.2 Å². The lowest BCUT2D eigenvalue weighted by Crippen LogP contribution is -2.26. The van der Waals surface area contributed by atoms with Crippen molar-refractivity contribution in [3.63, 3.8) is 0 Å². The lowest BCUT2D eigenvalue weighted by molar-refractivity contribution is -0.384. The number of nitro groups is 1. The third kappa shape index (κ3) is 3.88. The smallest absolute Gasteiger partial charge is 0.270 e. The van der Waals surface area contributed by atoms with Gasteiger partial charge in [0.05, 0.1) is 28.2 Å². The Kier molecular flexibility index (Phi) is 5.32. The van der Waals surface area contributed by atoms with Crippen LogP contribution in [0.25, 0.3) is 11.0 Å². The Morgan fingerprint density at radius 1 is 1.33 bits per heavy atom. The first-order chi connectivity index (χ1) is 12.9. The van der Waals surface area contributed by atoms with E-state index in [4.69, 9.17) is 20.8 Å². The maximum Gasteiger partial charge on any atom is 0.270 e. The molecule has 0 aliphatic carbocycles. The fourth-order valence-corrected chi connectivity index (χ4v) is 2.95. The molecule has 1 unspecified atom stereocenters. The predicted octanol–water partition coefficient (Wildman–Crippen LogP) is 4.88. The van der Waals surface area contributed by atoms with E-state index in [0.29, 0.717) is 23.7 Å². The SMILES string of the molecule is CCOc1cccc2cc(C(C)NC(=O)c3ccc([N+](=O)[O-])cc3Cl)oc12. The van der Waals surface area contributed by atoms with Crippen LogP contribution >= 0.6 is 11.6 Å². The minimum atomic E-state index is -0.569. The summed E-state index contributed by atoms with van der Waals surface area (Å²) < 4.78 is 11.4. The highest BCUT2D eigenvalue weighted by Gasteiger charge is 2.20. The Balaban J connectivity index is 1.82. The van der Waals surface area contributed by atoms with Crippen molar-refractivity contribution in [2.75, 3.05) is 6.61 Å². The van der Waals surface area contributed by atoms with Gasteiger partial charge in [0, 0.05) is 17.5 Å². The molecule has 8 heteroatoms. The summed E-state index contributed by atoms with van der Waals surface area (Å²) in [6.45, 7) is 4.18. The summed E-state index contributed by atoms with van der Waals surface area (Å²) >= 11 is 6.01. The number of carbonyl (C=O) groups is 1. The zero-order valence-electron chi connectivity index (χ0n) is 14.7. The Bertz CT molecular complexity index is 1010. The van der Waals surface area contributed by atoms with Crippen LogP contribution in [-0.2, 0) is 0 Å². The standard InChI is InChI=1S/C19H17ClN2O5/c1-3-26-16-6-4-5-12-9-17(27-18(12)16)11(2)21-19(23)14-8-7-13(22(24)25)10-15(14)20/h4-11H,3H2,1-2H3,(H,21,23). The largest absolute Gasteiger partial charge is 0.490 e. The number of carbonyl (C=O) groups excluding carboxylic acids is 1. The number of benzene rings is 2. The third-order valence-corrected chi connectivity index (χ3v) is 4.32. The average molecular weight is 389 g/mol. The number of para-hydroxylation sites is 1. The van der Waals surface area contributed by atoms with E-state index in [1.165, 1.54) is 12.1 Å². The van der Waals surface area contributed by atoms with Crippen molar-refractivity contribution in [3.05, 3.63) is 68.9 Å². The minimum Gasteiger partial charge on any atom is -0.490 e. The van der Waals surface area contributed by atoms with Crippen LogP contribution < -0.4 is 10.1 Å². The van der Waals surface area contributed by atoms with Crippen LogP contribution in [0.1, 0.15) is 36.0 Å². The van der Waals surface area contributed by atoms with Gasteiger partial charge < -0.3 is 14.5 Å². The van der Waals surface area contributed by atoms with Gasteiger partial charge in [-0.15, -0.1) is 0 Å². The van der Waals surface area contributed by atoms with Gasteiger partial charge in [-0.25, -0.2) is 0 Å². The number of furan rings is 1. The number of halogens is 1. The topological polar surface area (TPSA) is 94.6 Å². The molecule has 0 spiro atoms. The molecule has 1 aromatic heterocycles. The van der Waals surface area contributed by atoms with Gasteiger partial charge in [0.1, 0.15) is 5.76 Å². The average Bonchev–Trinajstić information content (AvgIpc) is 3.07. The molecule has 0 aliphatic rings. The second-order valence-electron chi connectivity index (χ2n) is 5.87. The van der Waals surface area contributed by atoms with Crippen LogP contribution in [0, 0.1) is 10.1 Å². The van der Waals surface area contributed by atoms with Crippen LogP contribution in [-0.4, -0.2) is 17.4 Å². The minimum absolute atomic E-state index is 0.0112. The van der Waals surface area contributed by atoms with E-state index < -0.39 is 16.9 Å². The Morgan fingerprint density at radius 3 is 2.78 bits per heavy atom. The maximum absolute atomic E-state index is 12.5. The molecule has 2 aromatic carbocycles. The molecule has 0 fully saturated rings. The van der Waals surface area contributed by atoms with E-state index in [2.05, 4.69) is 5.32 Å². The maximum atomic E-state index is 12.5. The Labute approximate surface area is 160 Å². The van der Waals surface area contributed by atoms with Gasteiger partial charge in [0.25, 0.3) is 11.6 Å². The first kappa shape index (κ1) is 18.7. The number of hydrogen-bond donors (Lipinski definition) is 1. The molecule has 0 aliphatic heterocycles. The molecule has 3 rings (SSSR count). The monoisotopic (exact) mass is 388 g/mol. The summed E-state index contributed by atoms with van der Waals surface area (Å²) in [6.07, 6.45) is 0. The molecule has 1 heterocycles. The summed E-state index contributed by atoms with van der Waals surface area (Å²) in [5.41, 5.74) is 0.592. The normalized spacial score (nSPS) is 12.0. The van der Waals surface area contributed by atoms with Gasteiger partial charge in [0.15, 0.2) is 11.3 Å². The summed E-state index contributed by atoms with van der Waals surface area (Å²) in [7, 11) is 0. The molecule has 27 heavy (non-hydrogen) atoms. The molecule has 1 N–H and O–H groups in total. The molecular weight excluding hydrogens is 372 g/mol. The Hall–Kier alpha value is -3.06. The second-order valence-corrected chi connectivity index (χ2v) is 6.28. The molecule has 0 bridgehead atoms. The fourth-order valence-electron chi connectivity index (χ4n) is 2.69. The molecule has 140 valence electrons. The first-order valence-electron chi connectivity index (χ1n) is 8.30. The van der Waals surface area contributed by atoms with Crippen molar-refractivity contribution in [1.29, 1.82) is 0 Å². The number of rotatable bonds is 6. The number of hydrogen-bond acceptors (Lipinski definition) is 5. The summed E-state index contributed by atoms with van der Waals surface area (Å²) in [5.74, 6) is 0.745. The number of amides is 1. The van der Waals surface area contributed by atoms with E-state index >= 15 is 0 Å². The van der Waals surface area contributed by atoms with Gasteiger partial charge >= 0.3 is 0 Å². The zero-order valence-corrected chi connectivity index (χ0v) is 15.4. The van der Waals surface area contributed by atoms with E-state index in [9.17, 15) is 14.9 Å². The number of nitro benzene ring substituents is 1. The molecule has 0 saturated carbocycles. The van der Waals surface area contributed by atoms with E-state index in [1.54, 1.807) is 6.92 Å². The van der Waals surface area contributed by atoms with Crippen molar-refractivity contribution in [1.82, 2.24) is 5.32 Å². The molecular formula is C19H17ClN2O5. The zero-order chi connectivity index (χ0) is 19.6. The molecule has 1 amide bonds. The number of nitrogens with one attached hydrogen (secondary N) is 1. The molecule has 1 atom stereocenters. The van der Waals surface area contributed by atoms with Gasteiger partial charge in [-0.2, -0.15) is 0 Å². The van der Waals surface area contributed by atoms with Gasteiger partial charge in [0.2, 0.25) is 0 Å².